The van der Waals surface area contributed by atoms with Gasteiger partial charge in [-0.1, -0.05) is 0 Å². The van der Waals surface area contributed by atoms with Gasteiger partial charge in [-0.05, 0) is 38.3 Å². The Morgan fingerprint density at radius 2 is 2.14 bits per heavy atom. The van der Waals surface area contributed by atoms with E-state index in [0.717, 1.165) is 37.6 Å². The van der Waals surface area contributed by atoms with E-state index in [1.807, 2.05) is 0 Å². The zero-order valence-corrected chi connectivity index (χ0v) is 12.4. The van der Waals surface area contributed by atoms with Gasteiger partial charge in [-0.3, -0.25) is 4.90 Å². The van der Waals surface area contributed by atoms with Crippen molar-refractivity contribution in [2.75, 3.05) is 31.1 Å². The largest absolute Gasteiger partial charge is 0.353 e. The van der Waals surface area contributed by atoms with E-state index in [1.165, 1.54) is 38.4 Å². The highest BCUT2D eigenvalue weighted by Gasteiger charge is 2.32. The van der Waals surface area contributed by atoms with Crippen LogP contribution in [-0.4, -0.2) is 48.1 Å². The predicted octanol–water partition coefficient (Wildman–Crippen LogP) is 1.76. The fourth-order valence-electron chi connectivity index (χ4n) is 3.61. The number of rotatable bonds is 4. The van der Waals surface area contributed by atoms with Gasteiger partial charge in [-0.25, -0.2) is 9.37 Å². The molecule has 114 valence electrons. The minimum absolute atomic E-state index is 0.231. The molecule has 1 N–H and O–H groups in total. The summed E-state index contributed by atoms with van der Waals surface area (Å²) in [5, 5.41) is 3.48. The summed E-state index contributed by atoms with van der Waals surface area (Å²) in [6.07, 6.45) is 6.45. The van der Waals surface area contributed by atoms with Gasteiger partial charge in [0.15, 0.2) is 0 Å². The number of halogens is 1. The molecule has 21 heavy (non-hydrogen) atoms. The molecule has 2 saturated heterocycles. The predicted molar refractivity (Wildman–Crippen MR) is 80.9 cm³/mol. The quantitative estimate of drug-likeness (QED) is 0.915. The average Bonchev–Trinajstić information content (AvgIpc) is 3.20. The fraction of sp³-hybridized carbons (Fsp3) is 0.688. The van der Waals surface area contributed by atoms with Crippen LogP contribution in [0, 0.1) is 5.82 Å². The van der Waals surface area contributed by atoms with Crippen molar-refractivity contribution in [3.05, 3.63) is 23.6 Å². The van der Waals surface area contributed by atoms with Crippen LogP contribution in [0.15, 0.2) is 12.3 Å². The SMILES string of the molecule is Fc1cnc(N2CCN3CCCC3C2)c(CNC2CC2)c1. The second kappa shape index (κ2) is 5.54. The zero-order chi connectivity index (χ0) is 14.2. The van der Waals surface area contributed by atoms with Crippen molar-refractivity contribution in [3.8, 4) is 0 Å². The van der Waals surface area contributed by atoms with Crippen molar-refractivity contribution in [1.29, 1.82) is 0 Å². The average molecular weight is 290 g/mol. The maximum atomic E-state index is 13.6. The van der Waals surface area contributed by atoms with Crippen LogP contribution in [0.1, 0.15) is 31.2 Å². The number of nitrogens with zero attached hydrogens (tertiary/aromatic N) is 3. The van der Waals surface area contributed by atoms with Crippen LogP contribution in [0.2, 0.25) is 0 Å². The van der Waals surface area contributed by atoms with Crippen molar-refractivity contribution in [3.63, 3.8) is 0 Å². The molecule has 4 nitrogen and oxygen atoms in total. The van der Waals surface area contributed by atoms with Gasteiger partial charge in [0.2, 0.25) is 0 Å². The Hall–Kier alpha value is -1.20. The summed E-state index contributed by atoms with van der Waals surface area (Å²) in [7, 11) is 0. The molecule has 1 saturated carbocycles. The van der Waals surface area contributed by atoms with E-state index < -0.39 is 0 Å². The second-order valence-electron chi connectivity index (χ2n) is 6.57. The van der Waals surface area contributed by atoms with Crippen molar-refractivity contribution in [2.24, 2.45) is 0 Å². The maximum absolute atomic E-state index is 13.6. The molecule has 2 aliphatic heterocycles. The first kappa shape index (κ1) is 13.5. The molecule has 0 bridgehead atoms. The Morgan fingerprint density at radius 3 is 3.00 bits per heavy atom. The second-order valence-corrected chi connectivity index (χ2v) is 6.57. The number of nitrogens with one attached hydrogen (secondary N) is 1. The molecule has 0 radical (unpaired) electrons. The monoisotopic (exact) mass is 290 g/mol. The summed E-state index contributed by atoms with van der Waals surface area (Å²) >= 11 is 0. The molecule has 0 aromatic carbocycles. The van der Waals surface area contributed by atoms with E-state index in [9.17, 15) is 4.39 Å². The number of hydrogen-bond acceptors (Lipinski definition) is 4. The molecule has 1 unspecified atom stereocenters. The number of aromatic nitrogens is 1. The topological polar surface area (TPSA) is 31.4 Å². The molecule has 1 atom stereocenters. The van der Waals surface area contributed by atoms with Gasteiger partial charge in [-0.2, -0.15) is 0 Å². The van der Waals surface area contributed by atoms with E-state index in [4.69, 9.17) is 0 Å². The highest BCUT2D eigenvalue weighted by Crippen LogP contribution is 2.27. The van der Waals surface area contributed by atoms with E-state index in [1.54, 1.807) is 6.07 Å². The highest BCUT2D eigenvalue weighted by atomic mass is 19.1. The summed E-state index contributed by atoms with van der Waals surface area (Å²) < 4.78 is 13.6. The summed E-state index contributed by atoms with van der Waals surface area (Å²) in [6, 6.07) is 2.95. The Balaban J connectivity index is 1.52. The van der Waals surface area contributed by atoms with Gasteiger partial charge in [0.1, 0.15) is 11.6 Å². The molecule has 1 aliphatic carbocycles. The van der Waals surface area contributed by atoms with E-state index >= 15 is 0 Å². The first-order chi connectivity index (χ1) is 10.3. The summed E-state index contributed by atoms with van der Waals surface area (Å²) in [6.45, 7) is 5.13. The van der Waals surface area contributed by atoms with Crippen molar-refractivity contribution >= 4 is 5.82 Å². The molecule has 0 spiro atoms. The molecule has 3 aliphatic rings. The third-order valence-electron chi connectivity index (χ3n) is 4.95. The molecule has 5 heteroatoms. The van der Waals surface area contributed by atoms with Gasteiger partial charge in [0.05, 0.1) is 6.20 Å². The minimum atomic E-state index is -0.231. The van der Waals surface area contributed by atoms with Gasteiger partial charge >= 0.3 is 0 Å². The zero-order valence-electron chi connectivity index (χ0n) is 12.4. The first-order valence-electron chi connectivity index (χ1n) is 8.16. The van der Waals surface area contributed by atoms with Crippen LogP contribution in [0.5, 0.6) is 0 Å². The number of fused-ring (bicyclic) bond motifs is 1. The summed E-state index contributed by atoms with van der Waals surface area (Å²) in [5.41, 5.74) is 1.01. The first-order valence-corrected chi connectivity index (χ1v) is 8.16. The van der Waals surface area contributed by atoms with Crippen LogP contribution < -0.4 is 10.2 Å². The number of anilines is 1. The van der Waals surface area contributed by atoms with Crippen molar-refractivity contribution in [2.45, 2.75) is 44.3 Å². The maximum Gasteiger partial charge on any atom is 0.141 e. The lowest BCUT2D eigenvalue weighted by molar-refractivity contribution is 0.230. The third kappa shape index (κ3) is 2.90. The van der Waals surface area contributed by atoms with Gasteiger partial charge < -0.3 is 10.2 Å². The normalized spacial score (nSPS) is 26.1. The van der Waals surface area contributed by atoms with Gasteiger partial charge in [0.25, 0.3) is 0 Å². The molecular formula is C16H23FN4. The molecule has 1 aromatic rings. The highest BCUT2D eigenvalue weighted by molar-refractivity contribution is 5.48. The molecule has 4 rings (SSSR count). The van der Waals surface area contributed by atoms with E-state index in [0.29, 0.717) is 12.1 Å². The minimum Gasteiger partial charge on any atom is -0.353 e. The number of pyridine rings is 1. The summed E-state index contributed by atoms with van der Waals surface area (Å²) in [4.78, 5) is 9.35. The van der Waals surface area contributed by atoms with Crippen LogP contribution in [0.25, 0.3) is 0 Å². The van der Waals surface area contributed by atoms with Gasteiger partial charge in [0, 0.05) is 43.8 Å². The van der Waals surface area contributed by atoms with E-state index in [2.05, 4.69) is 20.1 Å². The van der Waals surface area contributed by atoms with Gasteiger partial charge in [-0.15, -0.1) is 0 Å². The Labute approximate surface area is 125 Å². The Bertz CT molecular complexity index is 517. The van der Waals surface area contributed by atoms with Crippen LogP contribution in [0.4, 0.5) is 10.2 Å². The lowest BCUT2D eigenvalue weighted by Gasteiger charge is -2.38. The smallest absolute Gasteiger partial charge is 0.141 e. The third-order valence-corrected chi connectivity index (χ3v) is 4.95. The number of piperazine rings is 1. The van der Waals surface area contributed by atoms with Crippen molar-refractivity contribution < 1.29 is 4.39 Å². The lowest BCUT2D eigenvalue weighted by Crippen LogP contribution is -2.50. The fourth-order valence-corrected chi connectivity index (χ4v) is 3.61. The standard InChI is InChI=1S/C16H23FN4/c17-13-8-12(9-18-14-3-4-14)16(19-10-13)21-7-6-20-5-1-2-15(20)11-21/h8,10,14-15,18H,1-7,9,11H2. The molecule has 3 fully saturated rings. The van der Waals surface area contributed by atoms with Crippen LogP contribution >= 0.6 is 0 Å². The lowest BCUT2D eigenvalue weighted by atomic mass is 10.1. The summed E-state index contributed by atoms with van der Waals surface area (Å²) in [5.74, 6) is 0.752. The molecular weight excluding hydrogens is 267 g/mol. The molecule has 1 aromatic heterocycles. The van der Waals surface area contributed by atoms with Crippen LogP contribution in [0.3, 0.4) is 0 Å². The van der Waals surface area contributed by atoms with Crippen molar-refractivity contribution in [1.82, 2.24) is 15.2 Å². The van der Waals surface area contributed by atoms with Crippen LogP contribution in [-0.2, 0) is 6.54 Å². The molecule has 3 heterocycles. The van der Waals surface area contributed by atoms with E-state index in [-0.39, 0.29) is 5.82 Å². The Morgan fingerprint density at radius 1 is 1.24 bits per heavy atom. The number of hydrogen-bond donors (Lipinski definition) is 1. The Kier molecular flexibility index (Phi) is 3.55. The molecule has 0 amide bonds.